The van der Waals surface area contributed by atoms with E-state index in [1.165, 1.54) is 24.2 Å². The number of amides is 4. The summed E-state index contributed by atoms with van der Waals surface area (Å²) >= 11 is 1.55. The van der Waals surface area contributed by atoms with E-state index >= 15 is 0 Å². The van der Waals surface area contributed by atoms with Crippen molar-refractivity contribution in [1.82, 2.24) is 25.0 Å². The topological polar surface area (TPSA) is 85.8 Å². The van der Waals surface area contributed by atoms with Crippen molar-refractivity contribution in [2.45, 2.75) is 50.6 Å². The smallest absolute Gasteiger partial charge is 0.325 e. The molecule has 5 heterocycles. The van der Waals surface area contributed by atoms with Gasteiger partial charge in [-0.15, -0.1) is 0 Å². The third kappa shape index (κ3) is 4.84. The first kappa shape index (κ1) is 23.9. The van der Waals surface area contributed by atoms with E-state index in [0.717, 1.165) is 25.2 Å². The highest BCUT2D eigenvalue weighted by atomic mass is 32.1. The number of carbonyl (C=O) groups excluding carboxylic acids is 3. The van der Waals surface area contributed by atoms with Crippen LogP contribution in [0.5, 0.6) is 0 Å². The Morgan fingerprint density at radius 1 is 1.11 bits per heavy atom. The van der Waals surface area contributed by atoms with Crippen LogP contribution in [-0.4, -0.2) is 70.3 Å². The quantitative estimate of drug-likeness (QED) is 0.596. The SMILES string of the molecule is O=C(CCN1CCCCC1)N1CCC([C@@]2(c3cccnc3)NC(=O)N(Cc3ccsc3)C2=O)CC1. The lowest BCUT2D eigenvalue weighted by Crippen LogP contribution is -2.54. The van der Waals surface area contributed by atoms with Gasteiger partial charge in [-0.05, 0) is 73.1 Å². The highest BCUT2D eigenvalue weighted by molar-refractivity contribution is 7.07. The molecule has 3 aliphatic rings. The molecule has 0 aromatic carbocycles. The summed E-state index contributed by atoms with van der Waals surface area (Å²) < 4.78 is 0. The van der Waals surface area contributed by atoms with Crippen LogP contribution in [0.3, 0.4) is 0 Å². The van der Waals surface area contributed by atoms with E-state index in [2.05, 4.69) is 15.2 Å². The largest absolute Gasteiger partial charge is 0.343 e. The van der Waals surface area contributed by atoms with Crippen molar-refractivity contribution in [3.05, 3.63) is 52.5 Å². The van der Waals surface area contributed by atoms with Crippen LogP contribution in [0.1, 0.15) is 49.7 Å². The molecule has 3 saturated heterocycles. The fourth-order valence-corrected chi connectivity index (χ4v) is 6.42. The van der Waals surface area contributed by atoms with Gasteiger partial charge in [0.05, 0.1) is 6.54 Å². The summed E-state index contributed by atoms with van der Waals surface area (Å²) in [5.74, 6) is -0.149. The molecule has 3 fully saturated rings. The summed E-state index contributed by atoms with van der Waals surface area (Å²) in [4.78, 5) is 49.8. The molecule has 0 bridgehead atoms. The molecule has 3 aliphatic heterocycles. The second-order valence-electron chi connectivity index (χ2n) is 9.81. The zero-order chi connectivity index (χ0) is 24.3. The highest BCUT2D eigenvalue weighted by Crippen LogP contribution is 2.41. The Morgan fingerprint density at radius 2 is 1.91 bits per heavy atom. The molecular weight excluding hydrogens is 462 g/mol. The van der Waals surface area contributed by atoms with Gasteiger partial charge in [0.25, 0.3) is 5.91 Å². The van der Waals surface area contributed by atoms with E-state index in [4.69, 9.17) is 0 Å². The molecular formula is C26H33N5O3S. The maximum Gasteiger partial charge on any atom is 0.325 e. The van der Waals surface area contributed by atoms with Crippen molar-refractivity contribution in [3.8, 4) is 0 Å². The maximum absolute atomic E-state index is 13.9. The Balaban J connectivity index is 1.29. The van der Waals surface area contributed by atoms with E-state index in [1.54, 1.807) is 29.8 Å². The normalized spacial score (nSPS) is 24.1. The Labute approximate surface area is 210 Å². The van der Waals surface area contributed by atoms with Crippen molar-refractivity contribution in [2.24, 2.45) is 5.92 Å². The van der Waals surface area contributed by atoms with Gasteiger partial charge < -0.3 is 15.1 Å². The number of piperidine rings is 2. The number of carbonyl (C=O) groups is 3. The molecule has 5 rings (SSSR count). The van der Waals surface area contributed by atoms with Gasteiger partial charge in [0, 0.05) is 44.0 Å². The van der Waals surface area contributed by atoms with Crippen LogP contribution in [0.15, 0.2) is 41.4 Å². The first-order valence-electron chi connectivity index (χ1n) is 12.6. The number of thiophene rings is 1. The minimum Gasteiger partial charge on any atom is -0.343 e. The number of aromatic nitrogens is 1. The van der Waals surface area contributed by atoms with E-state index in [0.29, 0.717) is 37.9 Å². The van der Waals surface area contributed by atoms with Crippen LogP contribution < -0.4 is 5.32 Å². The molecule has 0 saturated carbocycles. The summed E-state index contributed by atoms with van der Waals surface area (Å²) in [7, 11) is 0. The number of urea groups is 1. The van der Waals surface area contributed by atoms with Gasteiger partial charge >= 0.3 is 6.03 Å². The average Bonchev–Trinajstić information content (AvgIpc) is 3.51. The molecule has 35 heavy (non-hydrogen) atoms. The van der Waals surface area contributed by atoms with Gasteiger partial charge in [-0.25, -0.2) is 4.79 Å². The van der Waals surface area contributed by atoms with Gasteiger partial charge in [-0.2, -0.15) is 11.3 Å². The number of nitrogens with one attached hydrogen (secondary N) is 1. The molecule has 0 radical (unpaired) electrons. The summed E-state index contributed by atoms with van der Waals surface area (Å²) in [6, 6.07) is 5.24. The predicted molar refractivity (Wildman–Crippen MR) is 134 cm³/mol. The molecule has 0 aliphatic carbocycles. The first-order valence-corrected chi connectivity index (χ1v) is 13.6. The zero-order valence-corrected chi connectivity index (χ0v) is 20.8. The highest BCUT2D eigenvalue weighted by Gasteiger charge is 2.57. The van der Waals surface area contributed by atoms with Gasteiger partial charge in [0.1, 0.15) is 0 Å². The zero-order valence-electron chi connectivity index (χ0n) is 20.0. The number of hydrogen-bond donors (Lipinski definition) is 1. The van der Waals surface area contributed by atoms with Crippen LogP contribution in [0, 0.1) is 5.92 Å². The summed E-state index contributed by atoms with van der Waals surface area (Å²) in [5.41, 5.74) is 0.500. The molecule has 1 atom stereocenters. The van der Waals surface area contributed by atoms with Crippen LogP contribution in [0.2, 0.25) is 0 Å². The van der Waals surface area contributed by atoms with Gasteiger partial charge in [0.15, 0.2) is 5.54 Å². The molecule has 2 aromatic rings. The molecule has 1 N–H and O–H groups in total. The predicted octanol–water partition coefficient (Wildman–Crippen LogP) is 3.21. The van der Waals surface area contributed by atoms with Gasteiger partial charge in [-0.1, -0.05) is 12.5 Å². The van der Waals surface area contributed by atoms with E-state index in [1.807, 2.05) is 27.8 Å². The second kappa shape index (κ2) is 10.5. The number of rotatable bonds is 7. The molecule has 8 nitrogen and oxygen atoms in total. The summed E-state index contributed by atoms with van der Waals surface area (Å²) in [6.45, 7) is 4.45. The minimum atomic E-state index is -1.15. The second-order valence-corrected chi connectivity index (χ2v) is 10.6. The maximum atomic E-state index is 13.9. The molecule has 4 amide bonds. The lowest BCUT2D eigenvalue weighted by molar-refractivity contribution is -0.136. The Bertz CT molecular complexity index is 1030. The molecule has 0 unspecified atom stereocenters. The Kier molecular flexibility index (Phi) is 7.15. The third-order valence-electron chi connectivity index (χ3n) is 7.72. The van der Waals surface area contributed by atoms with Gasteiger partial charge in [-0.3, -0.25) is 19.5 Å². The summed E-state index contributed by atoms with van der Waals surface area (Å²) in [5, 5.41) is 6.97. The van der Waals surface area contributed by atoms with Crippen LogP contribution in [-0.2, 0) is 21.7 Å². The lowest BCUT2D eigenvalue weighted by Gasteiger charge is -2.41. The van der Waals surface area contributed by atoms with Crippen molar-refractivity contribution in [1.29, 1.82) is 0 Å². The van der Waals surface area contributed by atoms with Crippen molar-refractivity contribution in [3.63, 3.8) is 0 Å². The minimum absolute atomic E-state index is 0.109. The van der Waals surface area contributed by atoms with Crippen molar-refractivity contribution >= 4 is 29.2 Å². The third-order valence-corrected chi connectivity index (χ3v) is 8.45. The van der Waals surface area contributed by atoms with Crippen LogP contribution in [0.25, 0.3) is 0 Å². The van der Waals surface area contributed by atoms with Gasteiger partial charge in [0.2, 0.25) is 5.91 Å². The molecule has 186 valence electrons. The van der Waals surface area contributed by atoms with Crippen molar-refractivity contribution < 1.29 is 14.4 Å². The lowest BCUT2D eigenvalue weighted by atomic mass is 9.73. The Hall–Kier alpha value is -2.78. The fraction of sp³-hybridized carbons (Fsp3) is 0.538. The van der Waals surface area contributed by atoms with E-state index < -0.39 is 5.54 Å². The molecule has 2 aromatic heterocycles. The number of likely N-dealkylation sites (tertiary alicyclic amines) is 2. The van der Waals surface area contributed by atoms with Crippen LogP contribution in [0.4, 0.5) is 4.79 Å². The number of pyridine rings is 1. The van der Waals surface area contributed by atoms with E-state index in [-0.39, 0.29) is 30.3 Å². The van der Waals surface area contributed by atoms with Crippen LogP contribution >= 0.6 is 11.3 Å². The molecule has 0 spiro atoms. The number of hydrogen-bond acceptors (Lipinski definition) is 6. The Morgan fingerprint density at radius 3 is 2.60 bits per heavy atom. The summed E-state index contributed by atoms with van der Waals surface area (Å²) in [6.07, 6.45) is 8.94. The standard InChI is InChI=1S/C26H33N5O3S/c32-23(8-13-29-11-2-1-3-12-29)30-14-6-21(7-15-30)26(22-5-4-10-27-17-22)24(33)31(25(34)28-26)18-20-9-16-35-19-20/h4-5,9-10,16-17,19,21H,1-3,6-8,11-15,18H2,(H,28,34)/t26-/m0/s1. The number of imide groups is 1. The average molecular weight is 496 g/mol. The number of nitrogens with zero attached hydrogens (tertiary/aromatic N) is 4. The monoisotopic (exact) mass is 495 g/mol. The molecule has 9 heteroatoms. The fourth-order valence-electron chi connectivity index (χ4n) is 5.76. The first-order chi connectivity index (χ1) is 17.1. The van der Waals surface area contributed by atoms with Crippen molar-refractivity contribution in [2.75, 3.05) is 32.7 Å². The van der Waals surface area contributed by atoms with E-state index in [9.17, 15) is 14.4 Å².